The third-order valence-corrected chi connectivity index (χ3v) is 7.04. The Bertz CT molecular complexity index is 607. The van der Waals surface area contributed by atoms with E-state index in [0.29, 0.717) is 39.1 Å². The summed E-state index contributed by atoms with van der Waals surface area (Å²) in [7, 11) is 0. The second-order valence-corrected chi connectivity index (χ2v) is 11.8. The van der Waals surface area contributed by atoms with E-state index in [2.05, 4.69) is 22.3 Å². The summed E-state index contributed by atoms with van der Waals surface area (Å²) >= 11 is 0. The Morgan fingerprint density at radius 2 is 1.26 bits per heavy atom. The van der Waals surface area contributed by atoms with E-state index in [-0.39, 0.29) is 17.4 Å². The van der Waals surface area contributed by atoms with E-state index >= 15 is 0 Å². The minimum absolute atomic E-state index is 0.0463. The lowest BCUT2D eigenvalue weighted by Crippen LogP contribution is -2.45. The van der Waals surface area contributed by atoms with Crippen molar-refractivity contribution in [3.8, 4) is 0 Å². The molecule has 1 aliphatic heterocycles. The average Bonchev–Trinajstić information content (AvgIpc) is 2.86. The molecule has 0 saturated carbocycles. The summed E-state index contributed by atoms with van der Waals surface area (Å²) in [6.45, 7) is 11.6. The third kappa shape index (κ3) is 22.4. The zero-order valence-electron chi connectivity index (χ0n) is 25.5. The standard InChI is InChI=1S/C19H38O2.C12H22N2O3/c1-2-3-4-5-6-7-8-9-10-11-12-13-14-15-16-17-18-21-19-20;1-11(2)6-8-17-12(3,4)10(16)13-7-5-9(15)14-11/h19H,2-18H2,1H3;5-8H2,1-4H3,(H,13,16)(H,14,15). The van der Waals surface area contributed by atoms with Crippen molar-refractivity contribution in [1.82, 2.24) is 10.6 Å². The van der Waals surface area contributed by atoms with E-state index in [1.54, 1.807) is 13.8 Å². The first-order chi connectivity index (χ1) is 18.1. The molecule has 7 nitrogen and oxygen atoms in total. The van der Waals surface area contributed by atoms with E-state index in [9.17, 15) is 14.4 Å². The van der Waals surface area contributed by atoms with Crippen LogP contribution in [0.4, 0.5) is 0 Å². The molecule has 0 aromatic heterocycles. The summed E-state index contributed by atoms with van der Waals surface area (Å²) in [6, 6.07) is 0. The normalized spacial score (nSPS) is 17.3. The summed E-state index contributed by atoms with van der Waals surface area (Å²) in [6.07, 6.45) is 22.9. The smallest absolute Gasteiger partial charge is 0.293 e. The van der Waals surface area contributed by atoms with E-state index in [1.165, 1.54) is 96.3 Å². The van der Waals surface area contributed by atoms with Crippen LogP contribution >= 0.6 is 0 Å². The van der Waals surface area contributed by atoms with Crippen LogP contribution in [-0.2, 0) is 23.9 Å². The van der Waals surface area contributed by atoms with Crippen LogP contribution in [0, 0.1) is 0 Å². The first-order valence-corrected chi connectivity index (χ1v) is 15.4. The van der Waals surface area contributed by atoms with Crippen LogP contribution in [0.2, 0.25) is 0 Å². The highest BCUT2D eigenvalue weighted by atomic mass is 16.5. The van der Waals surface area contributed by atoms with Crippen molar-refractivity contribution in [3.63, 3.8) is 0 Å². The zero-order valence-corrected chi connectivity index (χ0v) is 25.5. The maximum Gasteiger partial charge on any atom is 0.293 e. The van der Waals surface area contributed by atoms with Crippen molar-refractivity contribution >= 4 is 18.3 Å². The molecule has 1 rings (SSSR count). The molecule has 1 saturated heterocycles. The van der Waals surface area contributed by atoms with Crippen molar-refractivity contribution < 1.29 is 23.9 Å². The number of rotatable bonds is 18. The van der Waals surface area contributed by atoms with Gasteiger partial charge in [0.05, 0.1) is 13.2 Å². The van der Waals surface area contributed by atoms with Crippen LogP contribution in [0.15, 0.2) is 0 Å². The lowest BCUT2D eigenvalue weighted by Gasteiger charge is -2.28. The fraction of sp³-hybridized carbons (Fsp3) is 0.903. The van der Waals surface area contributed by atoms with Crippen molar-refractivity contribution in [1.29, 1.82) is 0 Å². The van der Waals surface area contributed by atoms with Crippen LogP contribution in [0.5, 0.6) is 0 Å². The Balaban J connectivity index is 0.000000735. The molecule has 1 heterocycles. The molecule has 7 heteroatoms. The van der Waals surface area contributed by atoms with Gasteiger partial charge in [0, 0.05) is 18.5 Å². The van der Waals surface area contributed by atoms with Crippen LogP contribution in [0.3, 0.4) is 0 Å². The highest BCUT2D eigenvalue weighted by molar-refractivity contribution is 5.85. The van der Waals surface area contributed by atoms with Gasteiger partial charge in [0.1, 0.15) is 5.60 Å². The molecule has 0 radical (unpaired) electrons. The molecule has 0 unspecified atom stereocenters. The summed E-state index contributed by atoms with van der Waals surface area (Å²) in [4.78, 5) is 33.3. The number of amides is 2. The van der Waals surface area contributed by atoms with Gasteiger partial charge in [0.15, 0.2) is 0 Å². The monoisotopic (exact) mass is 540 g/mol. The first-order valence-electron chi connectivity index (χ1n) is 15.4. The van der Waals surface area contributed by atoms with Crippen LogP contribution < -0.4 is 10.6 Å². The average molecular weight is 541 g/mol. The van der Waals surface area contributed by atoms with Gasteiger partial charge in [0.2, 0.25) is 5.91 Å². The highest BCUT2D eigenvalue weighted by Crippen LogP contribution is 2.16. The molecule has 0 aromatic rings. The fourth-order valence-electron chi connectivity index (χ4n) is 4.41. The third-order valence-electron chi connectivity index (χ3n) is 7.04. The lowest BCUT2D eigenvalue weighted by molar-refractivity contribution is -0.143. The molecule has 0 atom stereocenters. The SMILES string of the molecule is CC1(C)CCOC(C)(C)C(=O)NCCC(=O)N1.CCCCCCCCCCCCCCCCCCOC=O. The molecular formula is C31H60N2O5. The second-order valence-electron chi connectivity index (χ2n) is 11.8. The van der Waals surface area contributed by atoms with E-state index in [0.717, 1.165) is 6.42 Å². The number of unbranched alkanes of at least 4 members (excludes halogenated alkanes) is 15. The molecule has 1 aliphatic rings. The van der Waals surface area contributed by atoms with Gasteiger partial charge >= 0.3 is 0 Å². The lowest BCUT2D eigenvalue weighted by atomic mass is 10.0. The van der Waals surface area contributed by atoms with E-state index in [1.807, 2.05) is 13.8 Å². The highest BCUT2D eigenvalue weighted by Gasteiger charge is 2.30. The molecule has 0 aromatic carbocycles. The summed E-state index contributed by atoms with van der Waals surface area (Å²) in [5.74, 6) is -0.222. The van der Waals surface area contributed by atoms with Gasteiger partial charge in [-0.05, 0) is 40.5 Å². The fourth-order valence-corrected chi connectivity index (χ4v) is 4.41. The Hall–Kier alpha value is -1.63. The van der Waals surface area contributed by atoms with Gasteiger partial charge < -0.3 is 20.1 Å². The number of carbonyl (C=O) groups is 3. The molecule has 2 N–H and O–H groups in total. The molecular weight excluding hydrogens is 480 g/mol. The van der Waals surface area contributed by atoms with Gasteiger partial charge in [-0.2, -0.15) is 0 Å². The Morgan fingerprint density at radius 1 is 0.789 bits per heavy atom. The first kappa shape index (κ1) is 36.4. The predicted molar refractivity (Wildman–Crippen MR) is 156 cm³/mol. The summed E-state index contributed by atoms with van der Waals surface area (Å²) < 4.78 is 10.3. The maximum atomic E-state index is 11.8. The van der Waals surface area contributed by atoms with Crippen molar-refractivity contribution in [2.24, 2.45) is 0 Å². The van der Waals surface area contributed by atoms with Crippen molar-refractivity contribution in [3.05, 3.63) is 0 Å². The molecule has 1 fully saturated rings. The topological polar surface area (TPSA) is 93.7 Å². The Kier molecular flexibility index (Phi) is 22.3. The Morgan fingerprint density at radius 3 is 1.74 bits per heavy atom. The van der Waals surface area contributed by atoms with Gasteiger partial charge in [-0.3, -0.25) is 14.4 Å². The van der Waals surface area contributed by atoms with Gasteiger partial charge in [-0.15, -0.1) is 0 Å². The van der Waals surface area contributed by atoms with Crippen LogP contribution in [-0.4, -0.2) is 49.2 Å². The minimum Gasteiger partial charge on any atom is -0.468 e. The quantitative estimate of drug-likeness (QED) is 0.144. The zero-order chi connectivity index (χ0) is 28.5. The van der Waals surface area contributed by atoms with Crippen LogP contribution in [0.25, 0.3) is 0 Å². The summed E-state index contributed by atoms with van der Waals surface area (Å²) in [5.41, 5.74) is -1.15. The molecule has 0 aliphatic carbocycles. The number of ether oxygens (including phenoxy) is 2. The molecule has 0 spiro atoms. The van der Waals surface area contributed by atoms with Crippen LogP contribution in [0.1, 0.15) is 150 Å². The number of hydrogen-bond donors (Lipinski definition) is 2. The van der Waals surface area contributed by atoms with Crippen molar-refractivity contribution in [2.45, 2.75) is 161 Å². The maximum absolute atomic E-state index is 11.8. The molecule has 38 heavy (non-hydrogen) atoms. The Labute approximate surface area is 233 Å². The number of carbonyl (C=O) groups excluding carboxylic acids is 3. The van der Waals surface area contributed by atoms with Crippen molar-refractivity contribution in [2.75, 3.05) is 19.8 Å². The van der Waals surface area contributed by atoms with E-state index < -0.39 is 5.60 Å². The van der Waals surface area contributed by atoms with Gasteiger partial charge in [-0.25, -0.2) is 0 Å². The molecule has 224 valence electrons. The predicted octanol–water partition coefficient (Wildman–Crippen LogP) is 7.01. The molecule has 2 amide bonds. The number of hydrogen-bond acceptors (Lipinski definition) is 5. The second kappa shape index (κ2) is 23.3. The van der Waals surface area contributed by atoms with E-state index in [4.69, 9.17) is 4.74 Å². The molecule has 0 bridgehead atoms. The largest absolute Gasteiger partial charge is 0.468 e. The summed E-state index contributed by atoms with van der Waals surface area (Å²) in [5, 5.41) is 5.63. The minimum atomic E-state index is -0.844. The number of nitrogens with one attached hydrogen (secondary N) is 2. The van der Waals surface area contributed by atoms with Gasteiger partial charge in [0.25, 0.3) is 12.4 Å². The van der Waals surface area contributed by atoms with Gasteiger partial charge in [-0.1, -0.05) is 103 Å².